The number of hydrogen-bond donors (Lipinski definition) is 0. The summed E-state index contributed by atoms with van der Waals surface area (Å²) in [5.41, 5.74) is 0. The summed E-state index contributed by atoms with van der Waals surface area (Å²) in [4.78, 5) is 2.17. The molecule has 0 N–H and O–H groups in total. The molecule has 0 spiro atoms. The summed E-state index contributed by atoms with van der Waals surface area (Å²) in [6, 6.07) is 0. The van der Waals surface area contributed by atoms with Gasteiger partial charge in [-0.2, -0.15) is 0 Å². The van der Waals surface area contributed by atoms with Crippen molar-refractivity contribution < 1.29 is 13.5 Å². The molecule has 5 heteroatoms. The molecule has 0 amide bonds. The first kappa shape index (κ1) is 12.9. The first-order chi connectivity index (χ1) is 7.01. The zero-order valence-electron chi connectivity index (χ0n) is 9.31. The number of hydrogen-bond acceptors (Lipinski definition) is 3. The van der Waals surface area contributed by atoms with E-state index in [1.54, 1.807) is 0 Å². The number of likely N-dealkylation sites (tertiary alicyclic amines) is 1. The van der Waals surface area contributed by atoms with Crippen LogP contribution >= 0.6 is 0 Å². The fourth-order valence-electron chi connectivity index (χ4n) is 2.05. The van der Waals surface area contributed by atoms with Crippen LogP contribution in [0.1, 0.15) is 19.3 Å². The zero-order valence-corrected chi connectivity index (χ0v) is 10.1. The lowest BCUT2D eigenvalue weighted by Gasteiger charge is -2.32. The van der Waals surface area contributed by atoms with Gasteiger partial charge in [-0.15, -0.1) is 0 Å². The maximum Gasteiger partial charge on any atom is 0.148 e. The van der Waals surface area contributed by atoms with Crippen LogP contribution in [0.25, 0.3) is 0 Å². The van der Waals surface area contributed by atoms with Gasteiger partial charge in [0, 0.05) is 19.3 Å². The molecule has 0 aliphatic carbocycles. The standard InChI is InChI=1S/C10H20NO3S/c1-15(13,14)8-6-11-5-2-3-10(9-11)4-7-12/h10H,2-9H2,1H3. The van der Waals surface area contributed by atoms with Crippen LogP contribution in [0.5, 0.6) is 0 Å². The maximum absolute atomic E-state index is 11.0. The summed E-state index contributed by atoms with van der Waals surface area (Å²) in [6.07, 6.45) is 4.22. The van der Waals surface area contributed by atoms with Gasteiger partial charge in [0.1, 0.15) is 9.84 Å². The summed E-state index contributed by atoms with van der Waals surface area (Å²) >= 11 is 0. The highest BCUT2D eigenvalue weighted by molar-refractivity contribution is 7.90. The minimum Gasteiger partial charge on any atom is -0.302 e. The first-order valence-electron chi connectivity index (χ1n) is 5.49. The van der Waals surface area contributed by atoms with E-state index in [0.29, 0.717) is 12.5 Å². The number of rotatable bonds is 5. The van der Waals surface area contributed by atoms with Crippen molar-refractivity contribution in [1.29, 1.82) is 0 Å². The SMILES string of the molecule is CS(=O)(=O)CCN1CCCC(CC[O])C1. The Morgan fingerprint density at radius 1 is 1.40 bits per heavy atom. The summed E-state index contributed by atoms with van der Waals surface area (Å²) in [7, 11) is -2.86. The van der Waals surface area contributed by atoms with Crippen molar-refractivity contribution in [2.75, 3.05) is 38.2 Å². The van der Waals surface area contributed by atoms with Gasteiger partial charge >= 0.3 is 0 Å². The second-order valence-electron chi connectivity index (χ2n) is 4.43. The molecule has 1 heterocycles. The Hall–Kier alpha value is -0.130. The average Bonchev–Trinajstić information content (AvgIpc) is 2.15. The molecule has 15 heavy (non-hydrogen) atoms. The highest BCUT2D eigenvalue weighted by atomic mass is 32.2. The van der Waals surface area contributed by atoms with E-state index in [-0.39, 0.29) is 12.4 Å². The molecular weight excluding hydrogens is 214 g/mol. The Balaban J connectivity index is 2.30. The fraction of sp³-hybridized carbons (Fsp3) is 1.00. The summed E-state index contributed by atoms with van der Waals surface area (Å²) in [5.74, 6) is 0.715. The minimum absolute atomic E-state index is 0.00934. The lowest BCUT2D eigenvalue weighted by molar-refractivity contribution is 0.125. The van der Waals surface area contributed by atoms with E-state index in [1.807, 2.05) is 0 Å². The molecule has 4 nitrogen and oxygen atoms in total. The Labute approximate surface area is 92.2 Å². The van der Waals surface area contributed by atoms with Crippen LogP contribution in [-0.2, 0) is 14.9 Å². The maximum atomic E-state index is 11.0. The third kappa shape index (κ3) is 5.49. The third-order valence-electron chi connectivity index (χ3n) is 2.91. The second-order valence-corrected chi connectivity index (χ2v) is 6.69. The predicted molar refractivity (Wildman–Crippen MR) is 59.0 cm³/mol. The van der Waals surface area contributed by atoms with Crippen LogP contribution in [0.3, 0.4) is 0 Å². The van der Waals surface area contributed by atoms with E-state index in [0.717, 1.165) is 32.4 Å². The van der Waals surface area contributed by atoms with Gasteiger partial charge in [-0.25, -0.2) is 13.5 Å². The molecule has 1 rings (SSSR count). The molecule has 1 aliphatic rings. The zero-order chi connectivity index (χ0) is 11.3. The molecule has 0 saturated carbocycles. The Bertz CT molecular complexity index is 274. The van der Waals surface area contributed by atoms with Gasteiger partial charge in [0.25, 0.3) is 0 Å². The fourth-order valence-corrected chi connectivity index (χ4v) is 2.64. The van der Waals surface area contributed by atoms with E-state index < -0.39 is 9.84 Å². The van der Waals surface area contributed by atoms with Crippen LogP contribution < -0.4 is 0 Å². The lowest BCUT2D eigenvalue weighted by atomic mass is 9.95. The van der Waals surface area contributed by atoms with Gasteiger partial charge in [0.2, 0.25) is 0 Å². The number of sulfone groups is 1. The number of piperidine rings is 1. The average molecular weight is 234 g/mol. The largest absolute Gasteiger partial charge is 0.302 e. The Kier molecular flexibility index (Phi) is 5.02. The molecule has 1 radical (unpaired) electrons. The van der Waals surface area contributed by atoms with Crippen LogP contribution in [0.4, 0.5) is 0 Å². The van der Waals surface area contributed by atoms with E-state index in [1.165, 1.54) is 6.26 Å². The lowest BCUT2D eigenvalue weighted by Crippen LogP contribution is -2.38. The van der Waals surface area contributed by atoms with Crippen molar-refractivity contribution in [2.45, 2.75) is 19.3 Å². The van der Waals surface area contributed by atoms with Crippen molar-refractivity contribution in [3.05, 3.63) is 0 Å². The van der Waals surface area contributed by atoms with E-state index in [9.17, 15) is 13.5 Å². The normalized spacial score (nSPS) is 24.3. The smallest absolute Gasteiger partial charge is 0.148 e. The number of nitrogens with zero attached hydrogens (tertiary/aromatic N) is 1. The van der Waals surface area contributed by atoms with Crippen molar-refractivity contribution in [3.8, 4) is 0 Å². The van der Waals surface area contributed by atoms with Crippen LogP contribution in [0, 0.1) is 5.92 Å². The monoisotopic (exact) mass is 234 g/mol. The molecule has 1 unspecified atom stereocenters. The van der Waals surface area contributed by atoms with Gasteiger partial charge in [0.15, 0.2) is 0 Å². The minimum atomic E-state index is -2.86. The first-order valence-corrected chi connectivity index (χ1v) is 7.55. The van der Waals surface area contributed by atoms with E-state index >= 15 is 0 Å². The molecule has 0 aromatic rings. The Morgan fingerprint density at radius 2 is 2.13 bits per heavy atom. The predicted octanol–water partition coefficient (Wildman–Crippen LogP) is 0.564. The molecule has 0 aromatic carbocycles. The van der Waals surface area contributed by atoms with Gasteiger partial charge in [-0.1, -0.05) is 0 Å². The van der Waals surface area contributed by atoms with Crippen molar-refractivity contribution in [3.63, 3.8) is 0 Å². The molecule has 1 aliphatic heterocycles. The molecule has 0 bridgehead atoms. The quantitative estimate of drug-likeness (QED) is 0.698. The second kappa shape index (κ2) is 5.82. The molecule has 89 valence electrons. The molecule has 1 saturated heterocycles. The van der Waals surface area contributed by atoms with Gasteiger partial charge < -0.3 is 4.90 Å². The highest BCUT2D eigenvalue weighted by Crippen LogP contribution is 2.18. The summed E-state index contributed by atoms with van der Waals surface area (Å²) in [5, 5.41) is 10.5. The van der Waals surface area contributed by atoms with Gasteiger partial charge in [-0.3, -0.25) is 0 Å². The van der Waals surface area contributed by atoms with Gasteiger partial charge in [0.05, 0.1) is 12.4 Å². The topological polar surface area (TPSA) is 57.3 Å². The van der Waals surface area contributed by atoms with E-state index in [2.05, 4.69) is 4.90 Å². The summed E-state index contributed by atoms with van der Waals surface area (Å²) < 4.78 is 22.0. The van der Waals surface area contributed by atoms with Crippen LogP contribution in [-0.4, -0.2) is 51.6 Å². The van der Waals surface area contributed by atoms with Crippen molar-refractivity contribution >= 4 is 9.84 Å². The molecule has 1 fully saturated rings. The van der Waals surface area contributed by atoms with Gasteiger partial charge in [-0.05, 0) is 31.7 Å². The van der Waals surface area contributed by atoms with Crippen molar-refractivity contribution in [2.24, 2.45) is 5.92 Å². The molecule has 0 aromatic heterocycles. The van der Waals surface area contributed by atoms with Crippen molar-refractivity contribution in [1.82, 2.24) is 4.90 Å². The Morgan fingerprint density at radius 3 is 2.73 bits per heavy atom. The highest BCUT2D eigenvalue weighted by Gasteiger charge is 2.20. The van der Waals surface area contributed by atoms with E-state index in [4.69, 9.17) is 0 Å². The molecular formula is C10H20NO3S. The summed E-state index contributed by atoms with van der Waals surface area (Å²) in [6.45, 7) is 2.49. The third-order valence-corrected chi connectivity index (χ3v) is 3.83. The molecule has 1 atom stereocenters. The van der Waals surface area contributed by atoms with Crippen LogP contribution in [0.2, 0.25) is 0 Å². The van der Waals surface area contributed by atoms with Crippen LogP contribution in [0.15, 0.2) is 0 Å².